The number of rotatable bonds is 3. The summed E-state index contributed by atoms with van der Waals surface area (Å²) in [7, 11) is 0. The van der Waals surface area contributed by atoms with Crippen molar-refractivity contribution in [2.45, 2.75) is 0 Å². The van der Waals surface area contributed by atoms with E-state index in [9.17, 15) is 0 Å². The van der Waals surface area contributed by atoms with Crippen LogP contribution < -0.4 is 0 Å². The molecular formula is C34H22N2. The van der Waals surface area contributed by atoms with E-state index in [0.717, 1.165) is 33.3 Å². The molecule has 0 saturated carbocycles. The minimum absolute atomic E-state index is 0.902. The lowest BCUT2D eigenvalue weighted by molar-refractivity contribution is 1.06. The number of aromatic nitrogens is 2. The van der Waals surface area contributed by atoms with Crippen molar-refractivity contribution in [1.82, 2.24) is 10.2 Å². The highest BCUT2D eigenvalue weighted by Crippen LogP contribution is 2.41. The fraction of sp³-hybridized carbons (Fsp3) is 0. The topological polar surface area (TPSA) is 25.8 Å². The lowest BCUT2D eigenvalue weighted by atomic mass is 9.89. The van der Waals surface area contributed by atoms with Gasteiger partial charge in [-0.1, -0.05) is 115 Å². The summed E-state index contributed by atoms with van der Waals surface area (Å²) in [6.45, 7) is 0. The zero-order valence-corrected chi connectivity index (χ0v) is 19.6. The Morgan fingerprint density at radius 1 is 0.333 bits per heavy atom. The van der Waals surface area contributed by atoms with Crippen LogP contribution in [0.4, 0.5) is 0 Å². The second-order valence-electron chi connectivity index (χ2n) is 9.09. The fourth-order valence-electron chi connectivity index (χ4n) is 5.25. The van der Waals surface area contributed by atoms with E-state index in [2.05, 4.69) is 121 Å². The zero-order valence-electron chi connectivity index (χ0n) is 19.6. The van der Waals surface area contributed by atoms with Gasteiger partial charge in [-0.05, 0) is 50.9 Å². The molecule has 0 N–H and O–H groups in total. The highest BCUT2D eigenvalue weighted by molar-refractivity contribution is 6.18. The highest BCUT2D eigenvalue weighted by atomic mass is 15.1. The van der Waals surface area contributed by atoms with Crippen LogP contribution in [-0.4, -0.2) is 10.2 Å². The molecule has 1 heterocycles. The summed E-state index contributed by atoms with van der Waals surface area (Å²) in [5, 5.41) is 16.6. The van der Waals surface area contributed by atoms with Crippen LogP contribution in [0.5, 0.6) is 0 Å². The summed E-state index contributed by atoms with van der Waals surface area (Å²) in [5.41, 5.74) is 6.41. The molecule has 0 spiro atoms. The number of hydrogen-bond donors (Lipinski definition) is 0. The van der Waals surface area contributed by atoms with Crippen LogP contribution in [0.2, 0.25) is 0 Å². The monoisotopic (exact) mass is 458 g/mol. The molecule has 0 aliphatic carbocycles. The molecule has 0 amide bonds. The highest BCUT2D eigenvalue weighted by Gasteiger charge is 2.17. The number of hydrogen-bond acceptors (Lipinski definition) is 2. The molecule has 0 fully saturated rings. The molecule has 0 aliphatic rings. The van der Waals surface area contributed by atoms with E-state index in [1.807, 2.05) is 12.1 Å². The third kappa shape index (κ3) is 3.35. The van der Waals surface area contributed by atoms with E-state index in [4.69, 9.17) is 10.2 Å². The summed E-state index contributed by atoms with van der Waals surface area (Å²) < 4.78 is 0. The van der Waals surface area contributed by atoms with Gasteiger partial charge in [-0.2, -0.15) is 0 Å². The van der Waals surface area contributed by atoms with Crippen LogP contribution >= 0.6 is 0 Å². The van der Waals surface area contributed by atoms with Gasteiger partial charge in [-0.25, -0.2) is 0 Å². The Morgan fingerprint density at radius 3 is 1.44 bits per heavy atom. The molecule has 1 aromatic heterocycles. The first-order valence-electron chi connectivity index (χ1n) is 12.2. The molecule has 0 unspecified atom stereocenters. The van der Waals surface area contributed by atoms with Crippen LogP contribution in [0, 0.1) is 0 Å². The van der Waals surface area contributed by atoms with Crippen LogP contribution in [-0.2, 0) is 0 Å². The summed E-state index contributed by atoms with van der Waals surface area (Å²) in [6, 6.07) is 47.0. The number of fused-ring (bicyclic) bond motifs is 3. The van der Waals surface area contributed by atoms with Gasteiger partial charge in [0.15, 0.2) is 0 Å². The SMILES string of the molecule is c1ccc(-c2c3ccccc3cc3cc4c(-c5ccccc5)nnc(-c5ccccc5)c4cc23)cc1. The predicted octanol–water partition coefficient (Wildman–Crippen LogP) is 8.94. The Labute approximate surface area is 209 Å². The van der Waals surface area contributed by atoms with Crippen molar-refractivity contribution in [2.75, 3.05) is 0 Å². The summed E-state index contributed by atoms with van der Waals surface area (Å²) >= 11 is 0. The van der Waals surface area contributed by atoms with Crippen molar-refractivity contribution >= 4 is 32.3 Å². The second kappa shape index (κ2) is 8.44. The summed E-state index contributed by atoms with van der Waals surface area (Å²) in [5.74, 6) is 0. The maximum Gasteiger partial charge on any atom is 0.101 e. The van der Waals surface area contributed by atoms with Crippen LogP contribution in [0.15, 0.2) is 133 Å². The smallest absolute Gasteiger partial charge is 0.101 e. The molecule has 36 heavy (non-hydrogen) atoms. The minimum atomic E-state index is 0.902. The molecule has 0 atom stereocenters. The maximum atomic E-state index is 4.78. The molecule has 0 aliphatic heterocycles. The first-order valence-corrected chi connectivity index (χ1v) is 12.2. The fourth-order valence-corrected chi connectivity index (χ4v) is 5.25. The summed E-state index contributed by atoms with van der Waals surface area (Å²) in [6.07, 6.45) is 0. The van der Waals surface area contributed by atoms with Gasteiger partial charge in [0.1, 0.15) is 11.4 Å². The average molecular weight is 459 g/mol. The summed E-state index contributed by atoms with van der Waals surface area (Å²) in [4.78, 5) is 0. The lowest BCUT2D eigenvalue weighted by Crippen LogP contribution is -1.96. The van der Waals surface area contributed by atoms with E-state index < -0.39 is 0 Å². The molecular weight excluding hydrogens is 436 g/mol. The van der Waals surface area contributed by atoms with E-state index in [1.54, 1.807) is 0 Å². The lowest BCUT2D eigenvalue weighted by Gasteiger charge is -2.16. The molecule has 0 saturated heterocycles. The third-order valence-electron chi connectivity index (χ3n) is 6.92. The van der Waals surface area contributed by atoms with E-state index >= 15 is 0 Å². The van der Waals surface area contributed by atoms with Gasteiger partial charge in [0.25, 0.3) is 0 Å². The van der Waals surface area contributed by atoms with Crippen LogP contribution in [0.25, 0.3) is 66.0 Å². The first-order chi connectivity index (χ1) is 17.9. The van der Waals surface area contributed by atoms with Gasteiger partial charge in [0, 0.05) is 21.9 Å². The Hall–Kier alpha value is -4.82. The van der Waals surface area contributed by atoms with Gasteiger partial charge >= 0.3 is 0 Å². The normalized spacial score (nSPS) is 11.3. The molecule has 2 nitrogen and oxygen atoms in total. The van der Waals surface area contributed by atoms with Gasteiger partial charge in [-0.15, -0.1) is 10.2 Å². The number of nitrogens with zero attached hydrogens (tertiary/aromatic N) is 2. The standard InChI is InChI=1S/C34H22N2/c1-4-12-23(13-5-1)32-28-19-11-10-18-26(28)20-27-21-30-31(22-29(27)32)34(25-16-8-3-9-17-25)36-35-33(30)24-14-6-2-7-15-24/h1-22H. The first kappa shape index (κ1) is 20.5. The van der Waals surface area contributed by atoms with Crippen LogP contribution in [0.3, 0.4) is 0 Å². The molecule has 168 valence electrons. The van der Waals surface area contributed by atoms with Gasteiger partial charge in [0.05, 0.1) is 0 Å². The Balaban J connectivity index is 1.66. The van der Waals surface area contributed by atoms with Crippen molar-refractivity contribution in [3.8, 4) is 33.6 Å². The third-order valence-corrected chi connectivity index (χ3v) is 6.92. The van der Waals surface area contributed by atoms with Gasteiger partial charge < -0.3 is 0 Å². The largest absolute Gasteiger partial charge is 0.149 e. The van der Waals surface area contributed by atoms with Crippen molar-refractivity contribution in [3.05, 3.63) is 133 Å². The maximum absolute atomic E-state index is 4.78. The minimum Gasteiger partial charge on any atom is -0.149 e. The van der Waals surface area contributed by atoms with Crippen LogP contribution in [0.1, 0.15) is 0 Å². The molecule has 0 bridgehead atoms. The Kier molecular flexibility index (Phi) is 4.82. The van der Waals surface area contributed by atoms with E-state index in [-0.39, 0.29) is 0 Å². The van der Waals surface area contributed by atoms with Crippen molar-refractivity contribution in [2.24, 2.45) is 0 Å². The average Bonchev–Trinajstić information content (AvgIpc) is 2.95. The second-order valence-corrected chi connectivity index (χ2v) is 9.09. The molecule has 0 radical (unpaired) electrons. The van der Waals surface area contributed by atoms with Crippen molar-refractivity contribution in [3.63, 3.8) is 0 Å². The Bertz CT molecular complexity index is 1860. The Morgan fingerprint density at radius 2 is 0.833 bits per heavy atom. The van der Waals surface area contributed by atoms with Crippen molar-refractivity contribution in [1.29, 1.82) is 0 Å². The number of benzene rings is 6. The predicted molar refractivity (Wildman–Crippen MR) is 151 cm³/mol. The molecule has 6 aromatic carbocycles. The van der Waals surface area contributed by atoms with E-state index in [1.165, 1.54) is 32.7 Å². The molecule has 7 rings (SSSR count). The van der Waals surface area contributed by atoms with Crippen molar-refractivity contribution < 1.29 is 0 Å². The van der Waals surface area contributed by atoms with Gasteiger partial charge in [-0.3, -0.25) is 0 Å². The molecule has 7 aromatic rings. The quantitative estimate of drug-likeness (QED) is 0.247. The zero-order chi connectivity index (χ0) is 23.9. The molecule has 2 heteroatoms. The van der Waals surface area contributed by atoms with E-state index in [0.29, 0.717) is 0 Å². The van der Waals surface area contributed by atoms with Gasteiger partial charge in [0.2, 0.25) is 0 Å².